The van der Waals surface area contributed by atoms with Gasteiger partial charge in [-0.3, -0.25) is 4.90 Å². The minimum atomic E-state index is 0.379. The second-order valence-electron chi connectivity index (χ2n) is 5.03. The summed E-state index contributed by atoms with van der Waals surface area (Å²) in [5, 5.41) is 0. The number of likely N-dealkylation sites (tertiary alicyclic amines) is 1. The van der Waals surface area contributed by atoms with E-state index >= 15 is 0 Å². The van der Waals surface area contributed by atoms with E-state index in [1.807, 2.05) is 19.1 Å². The predicted octanol–water partition coefficient (Wildman–Crippen LogP) is 2.31. The van der Waals surface area contributed by atoms with E-state index in [9.17, 15) is 0 Å². The molecule has 1 aromatic heterocycles. The molecule has 0 bridgehead atoms. The van der Waals surface area contributed by atoms with E-state index < -0.39 is 0 Å². The largest absolute Gasteiger partial charge is 0.384 e. The Morgan fingerprint density at radius 1 is 1.26 bits per heavy atom. The number of hydrogen-bond acceptors (Lipinski definition) is 4. The van der Waals surface area contributed by atoms with Crippen LogP contribution in [0.2, 0.25) is 0 Å². The molecule has 1 fully saturated rings. The third-order valence-electron chi connectivity index (χ3n) is 3.58. The van der Waals surface area contributed by atoms with Gasteiger partial charge in [0.05, 0.1) is 11.7 Å². The van der Waals surface area contributed by atoms with Gasteiger partial charge in [-0.1, -0.05) is 30.3 Å². The summed E-state index contributed by atoms with van der Waals surface area (Å²) in [6, 6.07) is 12.8. The number of nitrogen functional groups attached to an aromatic ring is 1. The van der Waals surface area contributed by atoms with Crippen LogP contribution in [-0.4, -0.2) is 21.4 Å². The van der Waals surface area contributed by atoms with Crippen molar-refractivity contribution in [3.63, 3.8) is 0 Å². The zero-order valence-corrected chi connectivity index (χ0v) is 11.1. The van der Waals surface area contributed by atoms with E-state index in [-0.39, 0.29) is 0 Å². The SMILES string of the molecule is Cc1nc(N)cc(C2CCN2Cc2ccccc2)n1. The van der Waals surface area contributed by atoms with Crippen LogP contribution in [0.1, 0.15) is 29.5 Å². The third-order valence-corrected chi connectivity index (χ3v) is 3.58. The van der Waals surface area contributed by atoms with Crippen LogP contribution in [0.5, 0.6) is 0 Å². The van der Waals surface area contributed by atoms with Crippen LogP contribution in [0.3, 0.4) is 0 Å². The molecule has 4 heteroatoms. The van der Waals surface area contributed by atoms with Crippen LogP contribution < -0.4 is 5.73 Å². The number of anilines is 1. The molecule has 0 amide bonds. The summed E-state index contributed by atoms with van der Waals surface area (Å²) < 4.78 is 0. The maximum absolute atomic E-state index is 5.80. The zero-order valence-electron chi connectivity index (χ0n) is 11.1. The summed E-state index contributed by atoms with van der Waals surface area (Å²) in [4.78, 5) is 11.1. The summed E-state index contributed by atoms with van der Waals surface area (Å²) in [5.41, 5.74) is 8.19. The van der Waals surface area contributed by atoms with E-state index in [4.69, 9.17) is 5.73 Å². The minimum absolute atomic E-state index is 0.379. The van der Waals surface area contributed by atoms with Gasteiger partial charge in [-0.15, -0.1) is 0 Å². The molecule has 1 atom stereocenters. The first-order valence-corrected chi connectivity index (χ1v) is 6.61. The Balaban J connectivity index is 1.75. The Morgan fingerprint density at radius 2 is 2.05 bits per heavy atom. The second-order valence-corrected chi connectivity index (χ2v) is 5.03. The molecule has 1 aliphatic heterocycles. The van der Waals surface area contributed by atoms with Gasteiger partial charge in [0.15, 0.2) is 0 Å². The Morgan fingerprint density at radius 3 is 2.68 bits per heavy atom. The lowest BCUT2D eigenvalue weighted by Crippen LogP contribution is -2.40. The first-order chi connectivity index (χ1) is 9.22. The fourth-order valence-electron chi connectivity index (χ4n) is 2.57. The van der Waals surface area contributed by atoms with Crippen LogP contribution in [0.25, 0.3) is 0 Å². The van der Waals surface area contributed by atoms with Crippen molar-refractivity contribution in [2.24, 2.45) is 0 Å². The van der Waals surface area contributed by atoms with Crippen molar-refractivity contribution in [3.05, 3.63) is 53.5 Å². The molecule has 1 aliphatic rings. The number of hydrogen-bond donors (Lipinski definition) is 1. The van der Waals surface area contributed by atoms with Crippen LogP contribution >= 0.6 is 0 Å². The number of nitrogens with two attached hydrogens (primary N) is 1. The first kappa shape index (κ1) is 12.1. The quantitative estimate of drug-likeness (QED) is 0.913. The van der Waals surface area contributed by atoms with Crippen molar-refractivity contribution in [1.29, 1.82) is 0 Å². The molecule has 2 N–H and O–H groups in total. The number of rotatable bonds is 3. The van der Waals surface area contributed by atoms with Gasteiger partial charge in [-0.2, -0.15) is 0 Å². The van der Waals surface area contributed by atoms with Crippen molar-refractivity contribution in [2.75, 3.05) is 12.3 Å². The number of benzene rings is 1. The summed E-state index contributed by atoms with van der Waals surface area (Å²) in [5.74, 6) is 1.32. The molecule has 2 heterocycles. The monoisotopic (exact) mass is 254 g/mol. The van der Waals surface area contributed by atoms with Crippen molar-refractivity contribution < 1.29 is 0 Å². The average molecular weight is 254 g/mol. The fourth-order valence-corrected chi connectivity index (χ4v) is 2.57. The standard InChI is InChI=1S/C15H18N4/c1-11-17-13(9-15(16)18-11)14-7-8-19(14)10-12-5-3-2-4-6-12/h2-6,9,14H,7-8,10H2,1H3,(H2,16,17,18). The van der Waals surface area contributed by atoms with E-state index in [1.165, 1.54) is 5.56 Å². The molecule has 1 saturated heterocycles. The lowest BCUT2D eigenvalue weighted by Gasteiger charge is -2.40. The van der Waals surface area contributed by atoms with E-state index in [0.717, 1.165) is 31.0 Å². The smallest absolute Gasteiger partial charge is 0.127 e. The molecule has 2 aromatic rings. The second kappa shape index (κ2) is 4.97. The van der Waals surface area contributed by atoms with Gasteiger partial charge in [-0.25, -0.2) is 9.97 Å². The molecular formula is C15H18N4. The lowest BCUT2D eigenvalue weighted by atomic mass is 9.98. The first-order valence-electron chi connectivity index (χ1n) is 6.61. The highest BCUT2D eigenvalue weighted by molar-refractivity contribution is 5.32. The Hall–Kier alpha value is -1.94. The van der Waals surface area contributed by atoms with Crippen molar-refractivity contribution >= 4 is 5.82 Å². The van der Waals surface area contributed by atoms with Crippen molar-refractivity contribution in [2.45, 2.75) is 25.9 Å². The third kappa shape index (κ3) is 2.58. The summed E-state index contributed by atoms with van der Waals surface area (Å²) >= 11 is 0. The Bertz CT molecular complexity index is 547. The average Bonchev–Trinajstić information content (AvgIpc) is 2.35. The number of aromatic nitrogens is 2. The van der Waals surface area contributed by atoms with Gasteiger partial charge in [0.2, 0.25) is 0 Å². The van der Waals surface area contributed by atoms with E-state index in [2.05, 4.69) is 39.1 Å². The predicted molar refractivity (Wildman–Crippen MR) is 75.4 cm³/mol. The maximum Gasteiger partial charge on any atom is 0.127 e. The van der Waals surface area contributed by atoms with E-state index in [0.29, 0.717) is 11.9 Å². The molecule has 1 unspecified atom stereocenters. The highest BCUT2D eigenvalue weighted by atomic mass is 15.2. The van der Waals surface area contributed by atoms with E-state index in [1.54, 1.807) is 0 Å². The molecular weight excluding hydrogens is 236 g/mol. The lowest BCUT2D eigenvalue weighted by molar-refractivity contribution is 0.0785. The van der Waals surface area contributed by atoms with Gasteiger partial charge < -0.3 is 5.73 Å². The normalized spacial score (nSPS) is 19.1. The highest BCUT2D eigenvalue weighted by Gasteiger charge is 2.30. The van der Waals surface area contributed by atoms with Gasteiger partial charge in [-0.05, 0) is 18.9 Å². The van der Waals surface area contributed by atoms with Gasteiger partial charge >= 0.3 is 0 Å². The Labute approximate surface area is 113 Å². The maximum atomic E-state index is 5.80. The van der Waals surface area contributed by atoms with Crippen LogP contribution in [0.15, 0.2) is 36.4 Å². The minimum Gasteiger partial charge on any atom is -0.384 e. The zero-order chi connectivity index (χ0) is 13.2. The van der Waals surface area contributed by atoms with Gasteiger partial charge in [0.1, 0.15) is 11.6 Å². The molecule has 19 heavy (non-hydrogen) atoms. The highest BCUT2D eigenvalue weighted by Crippen LogP contribution is 2.33. The molecule has 98 valence electrons. The fraction of sp³-hybridized carbons (Fsp3) is 0.333. The molecule has 3 rings (SSSR count). The molecule has 4 nitrogen and oxygen atoms in total. The molecule has 0 aliphatic carbocycles. The van der Waals surface area contributed by atoms with Gasteiger partial charge in [0.25, 0.3) is 0 Å². The summed E-state index contributed by atoms with van der Waals surface area (Å²) in [7, 11) is 0. The Kier molecular flexibility index (Phi) is 3.17. The number of aryl methyl sites for hydroxylation is 1. The van der Waals surface area contributed by atoms with Crippen LogP contribution in [0.4, 0.5) is 5.82 Å². The van der Waals surface area contributed by atoms with Crippen LogP contribution in [-0.2, 0) is 6.54 Å². The van der Waals surface area contributed by atoms with Crippen LogP contribution in [0, 0.1) is 6.92 Å². The number of nitrogens with zero attached hydrogens (tertiary/aromatic N) is 3. The molecule has 0 saturated carbocycles. The van der Waals surface area contributed by atoms with Crippen molar-refractivity contribution in [3.8, 4) is 0 Å². The van der Waals surface area contributed by atoms with Gasteiger partial charge in [0, 0.05) is 19.2 Å². The topological polar surface area (TPSA) is 55.0 Å². The summed E-state index contributed by atoms with van der Waals surface area (Å²) in [6.07, 6.45) is 1.14. The summed E-state index contributed by atoms with van der Waals surface area (Å²) in [6.45, 7) is 3.97. The van der Waals surface area contributed by atoms with Crippen molar-refractivity contribution in [1.82, 2.24) is 14.9 Å². The molecule has 0 spiro atoms. The molecule has 1 aromatic carbocycles. The molecule has 0 radical (unpaired) electrons.